The summed E-state index contributed by atoms with van der Waals surface area (Å²) in [6.07, 6.45) is 3.82. The predicted octanol–water partition coefficient (Wildman–Crippen LogP) is 1.39. The van der Waals surface area contributed by atoms with E-state index in [1.54, 1.807) is 0 Å². The van der Waals surface area contributed by atoms with Gasteiger partial charge in [0.2, 0.25) is 5.13 Å². The molecule has 5 nitrogen and oxygen atoms in total. The van der Waals surface area contributed by atoms with E-state index >= 15 is 0 Å². The van der Waals surface area contributed by atoms with Crippen LogP contribution in [0.4, 0.5) is 5.13 Å². The summed E-state index contributed by atoms with van der Waals surface area (Å²) < 4.78 is 4.32. The van der Waals surface area contributed by atoms with Crippen LogP contribution < -0.4 is 4.90 Å². The third-order valence-corrected chi connectivity index (χ3v) is 3.66. The Labute approximate surface area is 97.7 Å². The molecular formula is C10H13N5S. The van der Waals surface area contributed by atoms with E-state index in [1.165, 1.54) is 22.8 Å². The number of anilines is 1. The molecule has 0 radical (unpaired) electrons. The van der Waals surface area contributed by atoms with Crippen LogP contribution in [0.5, 0.6) is 0 Å². The molecule has 0 unspecified atom stereocenters. The number of aromatic nitrogens is 4. The van der Waals surface area contributed by atoms with Crippen molar-refractivity contribution in [2.24, 2.45) is 0 Å². The van der Waals surface area contributed by atoms with Crippen LogP contribution in [0.1, 0.15) is 24.0 Å². The number of nitrogens with one attached hydrogen (secondary N) is 1. The topological polar surface area (TPSA) is 57.7 Å². The highest BCUT2D eigenvalue weighted by molar-refractivity contribution is 7.09. The molecule has 1 N–H and O–H groups in total. The summed E-state index contributed by atoms with van der Waals surface area (Å²) in [6.45, 7) is 3.97. The highest BCUT2D eigenvalue weighted by Crippen LogP contribution is 2.24. The van der Waals surface area contributed by atoms with Gasteiger partial charge in [0.05, 0.1) is 6.20 Å². The van der Waals surface area contributed by atoms with Crippen molar-refractivity contribution in [1.82, 2.24) is 19.6 Å². The van der Waals surface area contributed by atoms with Gasteiger partial charge in [-0.05, 0) is 0 Å². The quantitative estimate of drug-likeness (QED) is 0.854. The Morgan fingerprint density at radius 2 is 2.50 bits per heavy atom. The zero-order valence-corrected chi connectivity index (χ0v) is 9.92. The van der Waals surface area contributed by atoms with Crippen LogP contribution in [-0.2, 0) is 19.4 Å². The van der Waals surface area contributed by atoms with E-state index in [0.717, 1.165) is 36.9 Å². The van der Waals surface area contributed by atoms with Gasteiger partial charge < -0.3 is 4.90 Å². The normalized spacial score (nSPS) is 15.2. The van der Waals surface area contributed by atoms with Gasteiger partial charge in [0.25, 0.3) is 0 Å². The average molecular weight is 235 g/mol. The number of hydrogen-bond acceptors (Lipinski definition) is 5. The third-order valence-electron chi connectivity index (χ3n) is 2.84. The summed E-state index contributed by atoms with van der Waals surface area (Å²) in [5.74, 6) is 0.943. The van der Waals surface area contributed by atoms with Gasteiger partial charge in [0.1, 0.15) is 5.82 Å². The predicted molar refractivity (Wildman–Crippen MR) is 62.6 cm³/mol. The van der Waals surface area contributed by atoms with E-state index in [2.05, 4.69) is 31.4 Å². The maximum absolute atomic E-state index is 4.51. The van der Waals surface area contributed by atoms with Crippen LogP contribution in [0, 0.1) is 0 Å². The summed E-state index contributed by atoms with van der Waals surface area (Å²) >= 11 is 1.49. The van der Waals surface area contributed by atoms with Crippen molar-refractivity contribution in [1.29, 1.82) is 0 Å². The minimum absolute atomic E-state index is 0.893. The molecule has 0 spiro atoms. The fourth-order valence-corrected chi connectivity index (χ4v) is 2.68. The molecule has 2 aromatic heterocycles. The molecule has 0 saturated carbocycles. The van der Waals surface area contributed by atoms with Gasteiger partial charge in [-0.2, -0.15) is 9.47 Å². The van der Waals surface area contributed by atoms with Gasteiger partial charge in [-0.1, -0.05) is 6.92 Å². The third kappa shape index (κ3) is 1.59. The second-order valence-corrected chi connectivity index (χ2v) is 4.62. The standard InChI is InChI=1S/C10H13N5S/c1-2-9-12-10(16-14-9)15-4-3-8-7(6-15)5-11-13-8/h5H,2-4,6H2,1H3,(H,11,13). The zero-order chi connectivity index (χ0) is 11.0. The van der Waals surface area contributed by atoms with E-state index in [4.69, 9.17) is 0 Å². The number of aryl methyl sites for hydroxylation is 1. The molecule has 1 aliphatic rings. The molecule has 84 valence electrons. The summed E-state index contributed by atoms with van der Waals surface area (Å²) in [7, 11) is 0. The van der Waals surface area contributed by atoms with Crippen molar-refractivity contribution in [2.45, 2.75) is 26.3 Å². The number of fused-ring (bicyclic) bond motifs is 1. The fraction of sp³-hybridized carbons (Fsp3) is 0.500. The summed E-state index contributed by atoms with van der Waals surface area (Å²) in [4.78, 5) is 6.78. The Balaban J connectivity index is 1.83. The van der Waals surface area contributed by atoms with Crippen molar-refractivity contribution in [2.75, 3.05) is 11.4 Å². The lowest BCUT2D eigenvalue weighted by Crippen LogP contribution is -2.29. The highest BCUT2D eigenvalue weighted by Gasteiger charge is 2.20. The molecule has 16 heavy (non-hydrogen) atoms. The van der Waals surface area contributed by atoms with Gasteiger partial charge in [-0.15, -0.1) is 0 Å². The van der Waals surface area contributed by atoms with E-state index in [9.17, 15) is 0 Å². The van der Waals surface area contributed by atoms with Crippen molar-refractivity contribution >= 4 is 16.7 Å². The summed E-state index contributed by atoms with van der Waals surface area (Å²) in [5, 5.41) is 8.14. The second-order valence-electron chi connectivity index (χ2n) is 3.89. The molecular weight excluding hydrogens is 222 g/mol. The first-order valence-corrected chi connectivity index (χ1v) is 6.23. The Morgan fingerprint density at radius 3 is 3.31 bits per heavy atom. The van der Waals surface area contributed by atoms with Crippen LogP contribution in [-0.4, -0.2) is 26.1 Å². The van der Waals surface area contributed by atoms with Crippen LogP contribution in [0.2, 0.25) is 0 Å². The van der Waals surface area contributed by atoms with Crippen molar-refractivity contribution < 1.29 is 0 Å². The molecule has 0 saturated heterocycles. The molecule has 3 heterocycles. The number of aromatic amines is 1. The van der Waals surface area contributed by atoms with Gasteiger partial charge >= 0.3 is 0 Å². The van der Waals surface area contributed by atoms with E-state index < -0.39 is 0 Å². The number of hydrogen-bond donors (Lipinski definition) is 1. The Hall–Kier alpha value is -1.43. The van der Waals surface area contributed by atoms with Crippen molar-refractivity contribution in [3.63, 3.8) is 0 Å². The summed E-state index contributed by atoms with van der Waals surface area (Å²) in [5.41, 5.74) is 2.54. The van der Waals surface area contributed by atoms with Crippen LogP contribution in [0.15, 0.2) is 6.20 Å². The fourth-order valence-electron chi connectivity index (χ4n) is 1.90. The maximum atomic E-state index is 4.51. The monoisotopic (exact) mass is 235 g/mol. The second kappa shape index (κ2) is 3.86. The van der Waals surface area contributed by atoms with Crippen molar-refractivity contribution in [3.8, 4) is 0 Å². The van der Waals surface area contributed by atoms with Crippen LogP contribution >= 0.6 is 11.5 Å². The molecule has 0 amide bonds. The SMILES string of the molecule is CCc1nsc(N2CCc3[nH]ncc3C2)n1. The minimum Gasteiger partial charge on any atom is -0.342 e. The lowest BCUT2D eigenvalue weighted by Gasteiger charge is -2.25. The molecule has 3 rings (SSSR count). The molecule has 0 bridgehead atoms. The molecule has 0 atom stereocenters. The first-order valence-electron chi connectivity index (χ1n) is 5.45. The molecule has 1 aliphatic heterocycles. The van der Waals surface area contributed by atoms with E-state index in [0.29, 0.717) is 0 Å². The van der Waals surface area contributed by atoms with Gasteiger partial charge in [0.15, 0.2) is 0 Å². The Morgan fingerprint density at radius 1 is 1.56 bits per heavy atom. The van der Waals surface area contributed by atoms with E-state index in [-0.39, 0.29) is 0 Å². The zero-order valence-electron chi connectivity index (χ0n) is 9.10. The smallest absolute Gasteiger partial charge is 0.205 e. The largest absolute Gasteiger partial charge is 0.342 e. The Kier molecular flexibility index (Phi) is 2.36. The number of H-pyrrole nitrogens is 1. The minimum atomic E-state index is 0.893. The molecule has 6 heteroatoms. The first kappa shape index (κ1) is 9.77. The summed E-state index contributed by atoms with van der Waals surface area (Å²) in [6, 6.07) is 0. The highest BCUT2D eigenvalue weighted by atomic mass is 32.1. The van der Waals surface area contributed by atoms with Gasteiger partial charge in [-0.3, -0.25) is 5.10 Å². The number of nitrogens with zero attached hydrogens (tertiary/aromatic N) is 4. The molecule has 0 fully saturated rings. The lowest BCUT2D eigenvalue weighted by atomic mass is 10.1. The number of rotatable bonds is 2. The molecule has 2 aromatic rings. The van der Waals surface area contributed by atoms with Gasteiger partial charge in [0, 0.05) is 48.7 Å². The lowest BCUT2D eigenvalue weighted by molar-refractivity contribution is 0.716. The van der Waals surface area contributed by atoms with Crippen LogP contribution in [0.3, 0.4) is 0 Å². The molecule has 0 aliphatic carbocycles. The van der Waals surface area contributed by atoms with E-state index in [1.807, 2.05) is 6.20 Å². The molecule has 0 aromatic carbocycles. The van der Waals surface area contributed by atoms with Crippen molar-refractivity contribution in [3.05, 3.63) is 23.3 Å². The van der Waals surface area contributed by atoms with Crippen LogP contribution in [0.25, 0.3) is 0 Å². The average Bonchev–Trinajstić information content (AvgIpc) is 2.96. The van der Waals surface area contributed by atoms with Gasteiger partial charge in [-0.25, -0.2) is 4.98 Å². The first-order chi connectivity index (χ1) is 7.86. The maximum Gasteiger partial charge on any atom is 0.205 e. The Bertz CT molecular complexity index is 489.